The van der Waals surface area contributed by atoms with Crippen molar-refractivity contribution in [1.29, 1.82) is 0 Å². The minimum absolute atomic E-state index is 0. The molecule has 0 radical (unpaired) electrons. The summed E-state index contributed by atoms with van der Waals surface area (Å²) < 4.78 is 26.6. The lowest BCUT2D eigenvalue weighted by Crippen LogP contribution is -2.51. The van der Waals surface area contributed by atoms with Crippen molar-refractivity contribution in [3.05, 3.63) is 32.9 Å². The van der Waals surface area contributed by atoms with E-state index < -0.39 is 11.6 Å². The van der Waals surface area contributed by atoms with E-state index in [1.54, 1.807) is 4.90 Å². The first-order valence-electron chi connectivity index (χ1n) is 5.66. The van der Waals surface area contributed by atoms with Crippen LogP contribution in [0.4, 0.5) is 8.78 Å². The normalized spacial score (nSPS) is 18.9. The van der Waals surface area contributed by atoms with E-state index >= 15 is 0 Å². The second-order valence-corrected chi connectivity index (χ2v) is 5.51. The first-order valence-corrected chi connectivity index (χ1v) is 6.74. The molecular weight excluding hydrogens is 388 g/mol. The Balaban J connectivity index is 0.00000180. The lowest BCUT2D eigenvalue weighted by molar-refractivity contribution is 0.0707. The number of benzene rings is 1. The average molecular weight is 403 g/mol. The molecule has 0 spiro atoms. The van der Waals surface area contributed by atoms with E-state index in [2.05, 4.69) is 5.32 Å². The monoisotopic (exact) mass is 402 g/mol. The molecule has 1 aromatic carbocycles. The summed E-state index contributed by atoms with van der Waals surface area (Å²) in [6, 6.07) is 2.24. The Kier molecular flexibility index (Phi) is 5.94. The third-order valence-electron chi connectivity index (χ3n) is 2.90. The van der Waals surface area contributed by atoms with Crippen LogP contribution in [0.5, 0.6) is 0 Å². The first kappa shape index (κ1) is 16.6. The van der Waals surface area contributed by atoms with Gasteiger partial charge in [0, 0.05) is 29.2 Å². The predicted molar refractivity (Wildman–Crippen MR) is 79.7 cm³/mol. The van der Waals surface area contributed by atoms with Gasteiger partial charge in [0.25, 0.3) is 5.91 Å². The van der Waals surface area contributed by atoms with Gasteiger partial charge in [0.05, 0.1) is 5.56 Å². The highest BCUT2D eigenvalue weighted by Gasteiger charge is 2.24. The maximum atomic E-state index is 13.2. The molecule has 0 aliphatic carbocycles. The topological polar surface area (TPSA) is 32.3 Å². The van der Waals surface area contributed by atoms with Crippen molar-refractivity contribution in [2.45, 2.75) is 13.0 Å². The van der Waals surface area contributed by atoms with Crippen LogP contribution in [0, 0.1) is 15.2 Å². The third kappa shape index (κ3) is 3.76. The van der Waals surface area contributed by atoms with Crippen LogP contribution in [0.1, 0.15) is 17.3 Å². The van der Waals surface area contributed by atoms with Gasteiger partial charge in [-0.25, -0.2) is 8.78 Å². The molecule has 19 heavy (non-hydrogen) atoms. The summed E-state index contributed by atoms with van der Waals surface area (Å²) in [5.41, 5.74) is 0.226. The summed E-state index contributed by atoms with van der Waals surface area (Å²) in [6.45, 7) is 3.86. The zero-order valence-corrected chi connectivity index (χ0v) is 13.2. The number of hydrogen-bond acceptors (Lipinski definition) is 2. The number of amides is 1. The average Bonchev–Trinajstić information content (AvgIpc) is 2.33. The van der Waals surface area contributed by atoms with Crippen molar-refractivity contribution in [2.24, 2.45) is 0 Å². The molecule has 3 nitrogen and oxygen atoms in total. The molecule has 0 bridgehead atoms. The number of carbonyl (C=O) groups excluding carboxylic acids is 1. The summed E-state index contributed by atoms with van der Waals surface area (Å²) in [4.78, 5) is 13.9. The quantitative estimate of drug-likeness (QED) is 0.578. The molecule has 1 aromatic rings. The van der Waals surface area contributed by atoms with Gasteiger partial charge in [0.15, 0.2) is 11.6 Å². The molecule has 1 unspecified atom stereocenters. The van der Waals surface area contributed by atoms with E-state index in [9.17, 15) is 13.6 Å². The lowest BCUT2D eigenvalue weighted by atomic mass is 10.1. The standard InChI is InChI=1S/C12H13F2IN2O.ClH/c1-7-6-17(3-2-16-7)12(18)8-4-9(13)10(14)5-11(8)15;/h4-5,7,16H,2-3,6H2,1H3;1H. The van der Waals surface area contributed by atoms with Crippen LogP contribution in [-0.4, -0.2) is 36.5 Å². The molecule has 0 aromatic heterocycles. The first-order chi connectivity index (χ1) is 8.49. The fourth-order valence-electron chi connectivity index (χ4n) is 1.97. The molecule has 1 heterocycles. The second kappa shape index (κ2) is 6.81. The van der Waals surface area contributed by atoms with Crippen molar-refractivity contribution < 1.29 is 13.6 Å². The van der Waals surface area contributed by atoms with Crippen LogP contribution in [-0.2, 0) is 0 Å². The summed E-state index contributed by atoms with van der Waals surface area (Å²) in [7, 11) is 0. The van der Waals surface area contributed by atoms with Crippen molar-refractivity contribution in [3.8, 4) is 0 Å². The molecule has 2 rings (SSSR count). The number of piperazine rings is 1. The highest BCUT2D eigenvalue weighted by molar-refractivity contribution is 14.1. The SMILES string of the molecule is CC1CN(C(=O)c2cc(F)c(F)cc2I)CCN1.Cl. The molecule has 1 fully saturated rings. The van der Waals surface area contributed by atoms with Crippen LogP contribution in [0.3, 0.4) is 0 Å². The third-order valence-corrected chi connectivity index (χ3v) is 3.79. The van der Waals surface area contributed by atoms with Crippen molar-refractivity contribution in [2.75, 3.05) is 19.6 Å². The van der Waals surface area contributed by atoms with Crippen LogP contribution >= 0.6 is 35.0 Å². The molecule has 1 saturated heterocycles. The fraction of sp³-hybridized carbons (Fsp3) is 0.417. The van der Waals surface area contributed by atoms with Crippen LogP contribution in [0.2, 0.25) is 0 Å². The van der Waals surface area contributed by atoms with Crippen molar-refractivity contribution >= 4 is 40.9 Å². The molecule has 0 saturated carbocycles. The van der Waals surface area contributed by atoms with Gasteiger partial charge in [0.2, 0.25) is 0 Å². The molecule has 1 atom stereocenters. The van der Waals surface area contributed by atoms with E-state index in [4.69, 9.17) is 0 Å². The number of halogens is 4. The van der Waals surface area contributed by atoms with E-state index in [0.717, 1.165) is 12.1 Å². The molecule has 7 heteroatoms. The smallest absolute Gasteiger partial charge is 0.255 e. The largest absolute Gasteiger partial charge is 0.336 e. The molecule has 1 aliphatic rings. The van der Waals surface area contributed by atoms with Gasteiger partial charge in [-0.2, -0.15) is 0 Å². The maximum absolute atomic E-state index is 13.2. The second-order valence-electron chi connectivity index (χ2n) is 4.35. The Morgan fingerprint density at radius 2 is 2.05 bits per heavy atom. The number of nitrogens with one attached hydrogen (secondary N) is 1. The number of hydrogen-bond donors (Lipinski definition) is 1. The van der Waals surface area contributed by atoms with E-state index in [-0.39, 0.29) is 29.9 Å². The molecule has 1 amide bonds. The van der Waals surface area contributed by atoms with Crippen LogP contribution in [0.15, 0.2) is 12.1 Å². The minimum Gasteiger partial charge on any atom is -0.336 e. The number of rotatable bonds is 1. The maximum Gasteiger partial charge on any atom is 0.255 e. The molecule has 1 N–H and O–H groups in total. The van der Waals surface area contributed by atoms with Crippen molar-refractivity contribution in [3.63, 3.8) is 0 Å². The molecular formula is C12H14ClF2IN2O. The van der Waals surface area contributed by atoms with E-state index in [0.29, 0.717) is 23.2 Å². The Labute approximate surface area is 130 Å². The zero-order valence-electron chi connectivity index (χ0n) is 10.3. The zero-order chi connectivity index (χ0) is 13.3. The number of carbonyl (C=O) groups is 1. The number of nitrogens with zero attached hydrogens (tertiary/aromatic N) is 1. The van der Waals surface area contributed by atoms with Gasteiger partial charge in [-0.1, -0.05) is 0 Å². The van der Waals surface area contributed by atoms with E-state index in [1.807, 2.05) is 29.5 Å². The molecule has 106 valence electrons. The fourth-order valence-corrected chi connectivity index (χ4v) is 2.63. The summed E-state index contributed by atoms with van der Waals surface area (Å²) in [5.74, 6) is -2.15. The van der Waals surface area contributed by atoms with Gasteiger partial charge in [-0.05, 0) is 41.6 Å². The van der Waals surface area contributed by atoms with Gasteiger partial charge in [-0.15, -0.1) is 12.4 Å². The Morgan fingerprint density at radius 3 is 2.68 bits per heavy atom. The Morgan fingerprint density at radius 1 is 1.42 bits per heavy atom. The van der Waals surface area contributed by atoms with Gasteiger partial charge in [0.1, 0.15) is 0 Å². The summed E-state index contributed by atoms with van der Waals surface area (Å²) in [6.07, 6.45) is 0. The van der Waals surface area contributed by atoms with Crippen molar-refractivity contribution in [1.82, 2.24) is 10.2 Å². The Bertz CT molecular complexity index is 487. The van der Waals surface area contributed by atoms with Gasteiger partial charge < -0.3 is 10.2 Å². The van der Waals surface area contributed by atoms with E-state index in [1.165, 1.54) is 0 Å². The highest BCUT2D eigenvalue weighted by atomic mass is 127. The Hall–Kier alpha value is -0.470. The summed E-state index contributed by atoms with van der Waals surface area (Å²) in [5, 5.41) is 3.22. The van der Waals surface area contributed by atoms with Gasteiger partial charge in [-0.3, -0.25) is 4.79 Å². The predicted octanol–water partition coefficient (Wildman–Crippen LogP) is 2.43. The van der Waals surface area contributed by atoms with Gasteiger partial charge >= 0.3 is 0 Å². The highest BCUT2D eigenvalue weighted by Crippen LogP contribution is 2.19. The minimum atomic E-state index is -0.984. The van der Waals surface area contributed by atoms with Crippen LogP contribution in [0.25, 0.3) is 0 Å². The van der Waals surface area contributed by atoms with Crippen LogP contribution < -0.4 is 5.32 Å². The molecule has 1 aliphatic heterocycles. The lowest BCUT2D eigenvalue weighted by Gasteiger charge is -2.32. The summed E-state index contributed by atoms with van der Waals surface area (Å²) >= 11 is 1.85.